The van der Waals surface area contributed by atoms with E-state index in [0.29, 0.717) is 12.1 Å². The van der Waals surface area contributed by atoms with E-state index in [2.05, 4.69) is 5.32 Å². The van der Waals surface area contributed by atoms with Crippen LogP contribution in [0.1, 0.15) is 31.1 Å². The maximum atomic E-state index is 13.3. The highest BCUT2D eigenvalue weighted by Gasteiger charge is 2.27. The van der Waals surface area contributed by atoms with Gasteiger partial charge in [0.2, 0.25) is 0 Å². The molecule has 0 heterocycles. The Balaban J connectivity index is 2.86. The molecule has 0 aliphatic carbocycles. The largest absolute Gasteiger partial charge is 0.388 e. The Hall–Kier alpha value is -1.56. The summed E-state index contributed by atoms with van der Waals surface area (Å²) in [5.74, 6) is -4.84. The number of hydrogen-bond donors (Lipinski definition) is 2. The zero-order chi connectivity index (χ0) is 14.8. The molecule has 106 valence electrons. The second-order valence-corrected chi connectivity index (χ2v) is 4.94. The number of aliphatic hydroxyl groups is 1. The quantitative estimate of drug-likeness (QED) is 0.885. The summed E-state index contributed by atoms with van der Waals surface area (Å²) in [5, 5.41) is 12.1. The van der Waals surface area contributed by atoms with Gasteiger partial charge in [-0.25, -0.2) is 13.2 Å². The molecule has 1 rings (SSSR count). The van der Waals surface area contributed by atoms with Crippen LogP contribution in [0.3, 0.4) is 0 Å². The van der Waals surface area contributed by atoms with E-state index in [-0.39, 0.29) is 12.5 Å². The van der Waals surface area contributed by atoms with Gasteiger partial charge in [-0.3, -0.25) is 4.79 Å². The summed E-state index contributed by atoms with van der Waals surface area (Å²) in [7, 11) is 0. The molecule has 1 amide bonds. The fourth-order valence-electron chi connectivity index (χ4n) is 1.31. The molecule has 1 aromatic rings. The van der Waals surface area contributed by atoms with E-state index in [1.807, 2.05) is 0 Å². The van der Waals surface area contributed by atoms with Crippen molar-refractivity contribution in [3.05, 3.63) is 35.1 Å². The molecule has 0 fully saturated rings. The molecule has 19 heavy (non-hydrogen) atoms. The highest BCUT2D eigenvalue weighted by Crippen LogP contribution is 2.17. The topological polar surface area (TPSA) is 49.3 Å². The van der Waals surface area contributed by atoms with Crippen LogP contribution in [0.15, 0.2) is 12.1 Å². The molecule has 6 heteroatoms. The summed E-state index contributed by atoms with van der Waals surface area (Å²) < 4.78 is 39.4. The highest BCUT2D eigenvalue weighted by atomic mass is 19.1. The Morgan fingerprint density at radius 1 is 1.32 bits per heavy atom. The first-order valence-electron chi connectivity index (χ1n) is 5.80. The molecule has 3 nitrogen and oxygen atoms in total. The van der Waals surface area contributed by atoms with Gasteiger partial charge in [0.1, 0.15) is 23.0 Å². The zero-order valence-corrected chi connectivity index (χ0v) is 10.9. The van der Waals surface area contributed by atoms with Crippen LogP contribution in [0.2, 0.25) is 0 Å². The average Bonchev–Trinajstić information content (AvgIpc) is 2.24. The van der Waals surface area contributed by atoms with Crippen molar-refractivity contribution in [3.63, 3.8) is 0 Å². The minimum atomic E-state index is -1.28. The van der Waals surface area contributed by atoms with Crippen molar-refractivity contribution in [2.45, 2.75) is 26.4 Å². The Labute approximate surface area is 109 Å². The predicted molar refractivity (Wildman–Crippen MR) is 64.1 cm³/mol. The summed E-state index contributed by atoms with van der Waals surface area (Å²) in [4.78, 5) is 11.6. The van der Waals surface area contributed by atoms with Gasteiger partial charge in [-0.2, -0.15) is 0 Å². The molecular weight excluding hydrogens is 259 g/mol. The third kappa shape index (κ3) is 3.70. The average molecular weight is 275 g/mol. The van der Waals surface area contributed by atoms with E-state index in [0.717, 1.165) is 0 Å². The predicted octanol–water partition coefficient (Wildman–Crippen LogP) is 2.24. The van der Waals surface area contributed by atoms with Gasteiger partial charge in [0, 0.05) is 18.7 Å². The maximum absolute atomic E-state index is 13.3. The summed E-state index contributed by atoms with van der Waals surface area (Å²) in [6.07, 6.45) is 0. The van der Waals surface area contributed by atoms with E-state index in [1.165, 1.54) is 6.92 Å². The number of halogens is 3. The minimum Gasteiger partial charge on any atom is -0.388 e. The molecule has 2 N–H and O–H groups in total. The van der Waals surface area contributed by atoms with Gasteiger partial charge in [-0.05, 0) is 12.8 Å². The third-order valence-electron chi connectivity index (χ3n) is 3.08. The molecule has 1 unspecified atom stereocenters. The maximum Gasteiger partial charge on any atom is 0.257 e. The van der Waals surface area contributed by atoms with Gasteiger partial charge in [0.15, 0.2) is 0 Å². The molecule has 0 saturated carbocycles. The van der Waals surface area contributed by atoms with Crippen molar-refractivity contribution in [1.82, 2.24) is 5.32 Å². The van der Waals surface area contributed by atoms with Gasteiger partial charge < -0.3 is 10.4 Å². The van der Waals surface area contributed by atoms with Crippen molar-refractivity contribution >= 4 is 5.91 Å². The molecular formula is C13H16F3NO2. The first kappa shape index (κ1) is 15.5. The molecule has 0 aromatic heterocycles. The van der Waals surface area contributed by atoms with Crippen LogP contribution in [0.25, 0.3) is 0 Å². The van der Waals surface area contributed by atoms with Crippen LogP contribution in [-0.4, -0.2) is 23.2 Å². The van der Waals surface area contributed by atoms with Crippen molar-refractivity contribution in [2.24, 2.45) is 5.92 Å². The van der Waals surface area contributed by atoms with Crippen molar-refractivity contribution in [3.8, 4) is 0 Å². The number of amides is 1. The fourth-order valence-corrected chi connectivity index (χ4v) is 1.31. The molecule has 0 bridgehead atoms. The van der Waals surface area contributed by atoms with Crippen molar-refractivity contribution in [1.29, 1.82) is 0 Å². The van der Waals surface area contributed by atoms with Gasteiger partial charge in [0.05, 0.1) is 5.60 Å². The zero-order valence-electron chi connectivity index (χ0n) is 10.9. The van der Waals surface area contributed by atoms with E-state index >= 15 is 0 Å². The van der Waals surface area contributed by atoms with Crippen molar-refractivity contribution in [2.75, 3.05) is 6.54 Å². The first-order chi connectivity index (χ1) is 8.65. The van der Waals surface area contributed by atoms with Crippen molar-refractivity contribution < 1.29 is 23.1 Å². The lowest BCUT2D eigenvalue weighted by Crippen LogP contribution is -2.44. The van der Waals surface area contributed by atoms with Gasteiger partial charge in [-0.1, -0.05) is 13.8 Å². The number of carbonyl (C=O) groups is 1. The molecule has 0 radical (unpaired) electrons. The molecule has 0 aliphatic heterocycles. The molecule has 0 spiro atoms. The smallest absolute Gasteiger partial charge is 0.257 e. The Morgan fingerprint density at radius 2 is 1.79 bits per heavy atom. The second-order valence-electron chi connectivity index (χ2n) is 4.94. The lowest BCUT2D eigenvalue weighted by Gasteiger charge is -2.27. The van der Waals surface area contributed by atoms with Crippen LogP contribution < -0.4 is 5.32 Å². The SMILES string of the molecule is CC(C)C(C)(O)CNC(=O)c1c(F)cc(F)cc1F. The summed E-state index contributed by atoms with van der Waals surface area (Å²) in [6, 6.07) is 0.858. The molecule has 1 aromatic carbocycles. The highest BCUT2D eigenvalue weighted by molar-refractivity contribution is 5.94. The van der Waals surface area contributed by atoms with Crippen LogP contribution in [0.5, 0.6) is 0 Å². The van der Waals surface area contributed by atoms with Crippen LogP contribution in [-0.2, 0) is 0 Å². The Bertz CT molecular complexity index is 464. The molecule has 0 aliphatic rings. The van der Waals surface area contributed by atoms with Crippen LogP contribution in [0.4, 0.5) is 13.2 Å². The summed E-state index contributed by atoms with van der Waals surface area (Å²) >= 11 is 0. The van der Waals surface area contributed by atoms with E-state index < -0.39 is 34.5 Å². The number of benzene rings is 1. The normalized spacial score (nSPS) is 14.3. The second kappa shape index (κ2) is 5.61. The number of hydrogen-bond acceptors (Lipinski definition) is 2. The summed E-state index contributed by atoms with van der Waals surface area (Å²) in [5.41, 5.74) is -2.07. The first-order valence-corrected chi connectivity index (χ1v) is 5.80. The monoisotopic (exact) mass is 275 g/mol. The molecule has 0 saturated heterocycles. The van der Waals surface area contributed by atoms with E-state index in [4.69, 9.17) is 0 Å². The lowest BCUT2D eigenvalue weighted by atomic mass is 9.92. The summed E-state index contributed by atoms with van der Waals surface area (Å²) in [6.45, 7) is 4.81. The Morgan fingerprint density at radius 3 is 2.21 bits per heavy atom. The van der Waals surface area contributed by atoms with E-state index in [9.17, 15) is 23.1 Å². The van der Waals surface area contributed by atoms with E-state index in [1.54, 1.807) is 13.8 Å². The van der Waals surface area contributed by atoms with Gasteiger partial charge >= 0.3 is 0 Å². The van der Waals surface area contributed by atoms with Gasteiger partial charge in [0.25, 0.3) is 5.91 Å². The number of carbonyl (C=O) groups excluding carboxylic acids is 1. The number of rotatable bonds is 4. The van der Waals surface area contributed by atoms with Crippen LogP contribution in [0, 0.1) is 23.4 Å². The Kier molecular flexibility index (Phi) is 4.57. The fraction of sp³-hybridized carbons (Fsp3) is 0.462. The standard InChI is InChI=1S/C13H16F3NO2/c1-7(2)13(3,19)6-17-12(18)11-9(15)4-8(14)5-10(11)16/h4-5,7,19H,6H2,1-3H3,(H,17,18). The minimum absolute atomic E-state index is 0.157. The van der Waals surface area contributed by atoms with Gasteiger partial charge in [-0.15, -0.1) is 0 Å². The lowest BCUT2D eigenvalue weighted by molar-refractivity contribution is 0.0141. The molecule has 1 atom stereocenters. The van der Waals surface area contributed by atoms with Crippen LogP contribution >= 0.6 is 0 Å². The third-order valence-corrected chi connectivity index (χ3v) is 3.08. The number of nitrogens with one attached hydrogen (secondary N) is 1.